The van der Waals surface area contributed by atoms with Crippen LogP contribution in [-0.4, -0.2) is 47.9 Å². The molecular weight excluding hydrogens is 302 g/mol. The van der Waals surface area contributed by atoms with Crippen molar-refractivity contribution in [3.05, 3.63) is 0 Å². The summed E-state index contributed by atoms with van der Waals surface area (Å²) in [7, 11) is -0.850. The van der Waals surface area contributed by atoms with Crippen molar-refractivity contribution in [1.82, 2.24) is 0 Å². The average molecular weight is 338 g/mol. The predicted octanol–water partition coefficient (Wildman–Crippen LogP) is 4.51. The van der Waals surface area contributed by atoms with Gasteiger partial charge in [-0.25, -0.2) is 4.39 Å². The third-order valence-corrected chi connectivity index (χ3v) is 7.19. The Morgan fingerprint density at radius 2 is 1.55 bits per heavy atom. The third-order valence-electron chi connectivity index (χ3n) is 6.46. The Hall–Kier alpha value is 0.240. The second-order valence-electron chi connectivity index (χ2n) is 8.72. The van der Waals surface area contributed by atoms with Crippen LogP contribution >= 0.6 is 8.15 Å². The van der Waals surface area contributed by atoms with Crippen LogP contribution in [-0.2, 0) is 9.26 Å². The van der Waals surface area contributed by atoms with E-state index in [1.807, 2.05) is 41.0 Å². The van der Waals surface area contributed by atoms with Crippen molar-refractivity contribution in [2.24, 2.45) is 5.41 Å². The van der Waals surface area contributed by atoms with E-state index in [-0.39, 0.29) is 0 Å². The molecule has 0 spiro atoms. The molecule has 3 nitrogen and oxygen atoms in total. The minimum absolute atomic E-state index is 0.770. The van der Waals surface area contributed by atoms with E-state index >= 15 is 4.39 Å². The van der Waals surface area contributed by atoms with Crippen molar-refractivity contribution in [3.8, 4) is 0 Å². The van der Waals surface area contributed by atoms with Crippen molar-refractivity contribution in [2.75, 3.05) is 13.3 Å². The fourth-order valence-electron chi connectivity index (χ4n) is 3.58. The summed E-state index contributed by atoms with van der Waals surface area (Å²) in [5.74, 6) is 0. The average Bonchev–Trinajstić information content (AvgIpc) is 2.34. The van der Waals surface area contributed by atoms with Gasteiger partial charge in [0.2, 0.25) is 1.43 Å². The Bertz CT molecular complexity index is 465. The molecule has 1 rings (SSSR count). The standard InChI is InChI=1S/C17H34FO3P/c1-12(2)14(5,6)20-16(8,13(3,4)19)17(9,15(12,7)18)21-22(10)11/h19H,1-11H3/t15?,16-,17+/m1/s1/i19T. The lowest BCUT2D eigenvalue weighted by atomic mass is 9.52. The number of hydrogen-bond acceptors (Lipinski definition) is 3. The molecule has 1 aliphatic rings. The van der Waals surface area contributed by atoms with E-state index in [1.54, 1.807) is 34.6 Å². The summed E-state index contributed by atoms with van der Waals surface area (Å²) >= 11 is 0. The van der Waals surface area contributed by atoms with Crippen LogP contribution in [0, 0.1) is 5.41 Å². The van der Waals surface area contributed by atoms with Crippen LogP contribution in [0.25, 0.3) is 0 Å². The second kappa shape index (κ2) is 5.12. The van der Waals surface area contributed by atoms with Crippen molar-refractivity contribution < 1.29 is 18.8 Å². The van der Waals surface area contributed by atoms with Gasteiger partial charge in [0.15, 0.2) is 0 Å². The summed E-state index contributed by atoms with van der Waals surface area (Å²) in [6.45, 7) is 20.1. The van der Waals surface area contributed by atoms with Crippen LogP contribution in [0.5, 0.6) is 0 Å². The van der Waals surface area contributed by atoms with E-state index in [2.05, 4.69) is 0 Å². The van der Waals surface area contributed by atoms with E-state index in [9.17, 15) is 0 Å². The van der Waals surface area contributed by atoms with Crippen LogP contribution in [0.4, 0.5) is 4.39 Å². The van der Waals surface area contributed by atoms with Gasteiger partial charge in [-0.15, -0.1) is 0 Å². The summed E-state index contributed by atoms with van der Waals surface area (Å²) in [5.41, 5.74) is -6.78. The predicted molar refractivity (Wildman–Crippen MR) is 91.4 cm³/mol. The fraction of sp³-hybridized carbons (Fsp3) is 1.00. The van der Waals surface area contributed by atoms with E-state index in [0.717, 1.165) is 0 Å². The molecule has 5 heteroatoms. The Morgan fingerprint density at radius 1 is 1.09 bits per heavy atom. The molecule has 1 heterocycles. The minimum atomic E-state index is -1.71. The molecule has 132 valence electrons. The normalized spacial score (nSPS) is 42.3. The SMILES string of the molecule is [3H]OC(C)(C)[C@@]1(C)OC(C)(C)C(C)(C)C(C)(F)[C@]1(C)OP(C)C. The molecule has 0 saturated carbocycles. The Balaban J connectivity index is 3.74. The van der Waals surface area contributed by atoms with E-state index < -0.39 is 41.6 Å². The smallest absolute Gasteiger partial charge is 0.211 e. The van der Waals surface area contributed by atoms with E-state index in [4.69, 9.17) is 15.8 Å². The molecular formula is C17H34FO3P. The molecule has 1 aliphatic heterocycles. The molecule has 0 aromatic rings. The molecule has 1 unspecified atom stereocenters. The van der Waals surface area contributed by atoms with Gasteiger partial charge in [-0.2, -0.15) is 0 Å². The highest BCUT2D eigenvalue weighted by molar-refractivity contribution is 7.50. The lowest BCUT2D eigenvalue weighted by molar-refractivity contribution is -0.381. The van der Waals surface area contributed by atoms with Crippen molar-refractivity contribution in [3.63, 3.8) is 0 Å². The van der Waals surface area contributed by atoms with Gasteiger partial charge in [0, 0.05) is 13.6 Å². The van der Waals surface area contributed by atoms with E-state index in [1.165, 1.54) is 0 Å². The molecule has 3 atom stereocenters. The van der Waals surface area contributed by atoms with Gasteiger partial charge in [0.25, 0.3) is 0 Å². The summed E-state index contributed by atoms with van der Waals surface area (Å²) in [6, 6.07) is 0. The van der Waals surface area contributed by atoms with Crippen molar-refractivity contribution in [1.29, 1.82) is 1.43 Å². The van der Waals surface area contributed by atoms with Gasteiger partial charge < -0.3 is 14.4 Å². The first-order valence-electron chi connectivity index (χ1n) is 8.24. The molecule has 0 aromatic carbocycles. The number of rotatable bonds is 4. The maximum absolute atomic E-state index is 16.4. The Labute approximate surface area is 138 Å². The quantitative estimate of drug-likeness (QED) is 0.767. The fourth-order valence-corrected chi connectivity index (χ4v) is 4.66. The molecule has 0 aromatic heterocycles. The van der Waals surface area contributed by atoms with Crippen LogP contribution in [0.2, 0.25) is 0 Å². The van der Waals surface area contributed by atoms with Crippen molar-refractivity contribution >= 4 is 8.15 Å². The summed E-state index contributed by atoms with van der Waals surface area (Å²) in [6.07, 6.45) is 0. The monoisotopic (exact) mass is 338 g/mol. The zero-order valence-corrected chi connectivity index (χ0v) is 16.9. The van der Waals surface area contributed by atoms with Gasteiger partial charge >= 0.3 is 0 Å². The molecule has 1 N–H and O–H groups in total. The molecule has 0 aliphatic carbocycles. The largest absolute Gasteiger partial charge is 0.387 e. The van der Waals surface area contributed by atoms with E-state index in [0.29, 0.717) is 0 Å². The molecule has 0 radical (unpaired) electrons. The lowest BCUT2D eigenvalue weighted by Crippen LogP contribution is -2.82. The first kappa shape index (κ1) is 18.6. The molecule has 1 fully saturated rings. The van der Waals surface area contributed by atoms with Crippen LogP contribution < -0.4 is 0 Å². The first-order chi connectivity index (χ1) is 9.93. The summed E-state index contributed by atoms with van der Waals surface area (Å²) < 4.78 is 36.6. The number of halogens is 1. The summed E-state index contributed by atoms with van der Waals surface area (Å²) in [5, 5.41) is 5.00. The molecule has 0 bridgehead atoms. The minimum Gasteiger partial charge on any atom is -0.387 e. The highest BCUT2D eigenvalue weighted by Gasteiger charge is 2.76. The van der Waals surface area contributed by atoms with Crippen LogP contribution in [0.15, 0.2) is 0 Å². The number of aliphatic hydroxyl groups is 1. The van der Waals surface area contributed by atoms with Crippen LogP contribution in [0.1, 0.15) is 62.3 Å². The van der Waals surface area contributed by atoms with Crippen molar-refractivity contribution in [2.45, 2.75) is 90.4 Å². The van der Waals surface area contributed by atoms with Gasteiger partial charge in [0.1, 0.15) is 16.9 Å². The molecule has 0 amide bonds. The first-order valence-corrected chi connectivity index (χ1v) is 9.99. The van der Waals surface area contributed by atoms with Gasteiger partial charge in [0.05, 0.1) is 11.2 Å². The lowest BCUT2D eigenvalue weighted by Gasteiger charge is -2.69. The number of ether oxygens (including phenoxy) is 1. The number of alkyl halides is 1. The molecule has 1 saturated heterocycles. The van der Waals surface area contributed by atoms with Gasteiger partial charge in [-0.3, -0.25) is 0 Å². The highest BCUT2D eigenvalue weighted by Crippen LogP contribution is 2.65. The Kier molecular flexibility index (Phi) is 4.32. The highest BCUT2D eigenvalue weighted by atomic mass is 31.1. The maximum atomic E-state index is 16.4. The zero-order chi connectivity index (χ0) is 18.7. The summed E-state index contributed by atoms with van der Waals surface area (Å²) in [4.78, 5) is 0. The zero-order valence-electron chi connectivity index (χ0n) is 17.0. The maximum Gasteiger partial charge on any atom is 0.211 e. The second-order valence-corrected chi connectivity index (χ2v) is 10.5. The van der Waals surface area contributed by atoms with Crippen LogP contribution in [0.3, 0.4) is 0 Å². The number of hydrogen-bond donors (Lipinski definition) is 1. The third kappa shape index (κ3) is 2.37. The Morgan fingerprint density at radius 3 is 1.91 bits per heavy atom. The van der Waals surface area contributed by atoms with Gasteiger partial charge in [-0.05, 0) is 61.8 Å². The topological polar surface area (TPSA) is 38.7 Å². The molecule has 22 heavy (non-hydrogen) atoms. The van der Waals surface area contributed by atoms with Gasteiger partial charge in [-0.1, -0.05) is 13.8 Å².